The average molecular weight is 454 g/mol. The topological polar surface area (TPSA) is 59.4 Å². The predicted molar refractivity (Wildman–Crippen MR) is 130 cm³/mol. The summed E-state index contributed by atoms with van der Waals surface area (Å²) in [6.45, 7) is 6.98. The zero-order valence-corrected chi connectivity index (χ0v) is 21.1. The van der Waals surface area contributed by atoms with E-state index in [9.17, 15) is 9.90 Å². The molecular formula is C29H43NO3. The zero-order valence-electron chi connectivity index (χ0n) is 21.1. The van der Waals surface area contributed by atoms with Crippen LogP contribution in [0.3, 0.4) is 0 Å². The summed E-state index contributed by atoms with van der Waals surface area (Å²) in [7, 11) is 1.71. The van der Waals surface area contributed by atoms with Crippen LogP contribution in [0.4, 0.5) is 0 Å². The number of fused-ring (bicyclic) bond motifs is 5. The number of carbonyl (C=O) groups excluding carboxylic acids is 1. The van der Waals surface area contributed by atoms with Crippen LogP contribution in [0, 0.1) is 54.8 Å². The Bertz CT molecular complexity index is 899. The first kappa shape index (κ1) is 23.5. The molecule has 4 fully saturated rings. The van der Waals surface area contributed by atoms with Crippen molar-refractivity contribution in [1.82, 2.24) is 4.98 Å². The van der Waals surface area contributed by atoms with Crippen LogP contribution in [-0.2, 0) is 16.0 Å². The normalized spacial score (nSPS) is 42.3. The minimum atomic E-state index is -0.611. The van der Waals surface area contributed by atoms with Gasteiger partial charge in [0.2, 0.25) is 0 Å². The number of methoxy groups -OCH3 is 1. The van der Waals surface area contributed by atoms with Gasteiger partial charge in [0.05, 0.1) is 12.2 Å². The fourth-order valence-corrected chi connectivity index (χ4v) is 9.10. The van der Waals surface area contributed by atoms with Crippen LogP contribution in [0.2, 0.25) is 0 Å². The molecule has 4 saturated carbocycles. The van der Waals surface area contributed by atoms with Gasteiger partial charge in [0.15, 0.2) is 0 Å². The van der Waals surface area contributed by atoms with Crippen molar-refractivity contribution in [3.63, 3.8) is 0 Å². The summed E-state index contributed by atoms with van der Waals surface area (Å²) in [6, 6.07) is 4.15. The van der Waals surface area contributed by atoms with Gasteiger partial charge in [0.25, 0.3) is 0 Å². The minimum absolute atomic E-state index is 0.169. The summed E-state index contributed by atoms with van der Waals surface area (Å²) in [5.74, 6) is 4.35. The third-order valence-corrected chi connectivity index (χ3v) is 10.6. The number of hydrogen-bond acceptors (Lipinski definition) is 4. The van der Waals surface area contributed by atoms with Crippen LogP contribution in [0.15, 0.2) is 12.1 Å². The number of ether oxygens (including phenoxy) is 1. The Balaban J connectivity index is 1.29. The number of aromatic nitrogens is 1. The van der Waals surface area contributed by atoms with Gasteiger partial charge in [-0.1, -0.05) is 13.0 Å². The fourth-order valence-electron chi connectivity index (χ4n) is 9.10. The van der Waals surface area contributed by atoms with E-state index in [1.165, 1.54) is 32.1 Å². The SMILES string of the molecule is COC[C@@]1(O)CC[C@H]2[C@H](CC[C@@H]3[C@@H]2CC[C@]2(C)[C@@H](C(=O)Cc4ccc(C)nc4C)CC[C@@H]32)C1. The number of pyridine rings is 1. The van der Waals surface area contributed by atoms with Crippen LogP contribution in [0.5, 0.6) is 0 Å². The maximum absolute atomic E-state index is 13.6. The molecule has 1 aromatic rings. The molecule has 182 valence electrons. The first-order valence-electron chi connectivity index (χ1n) is 13.4. The Morgan fingerprint density at radius 2 is 1.85 bits per heavy atom. The maximum Gasteiger partial charge on any atom is 0.140 e. The Kier molecular flexibility index (Phi) is 6.23. The summed E-state index contributed by atoms with van der Waals surface area (Å²) >= 11 is 0. The second-order valence-electron chi connectivity index (χ2n) is 12.4. The number of aryl methyl sites for hydroxylation is 2. The lowest BCUT2D eigenvalue weighted by atomic mass is 9.49. The van der Waals surface area contributed by atoms with E-state index in [1.54, 1.807) is 7.11 Å². The Labute approximate surface area is 199 Å². The molecule has 0 saturated heterocycles. The molecule has 1 heterocycles. The predicted octanol–water partition coefficient (Wildman–Crippen LogP) is 5.46. The molecule has 5 rings (SSSR count). The second-order valence-corrected chi connectivity index (χ2v) is 12.4. The molecule has 0 amide bonds. The number of carbonyl (C=O) groups is 1. The molecule has 0 unspecified atom stereocenters. The largest absolute Gasteiger partial charge is 0.387 e. The van der Waals surface area contributed by atoms with Crippen molar-refractivity contribution >= 4 is 5.78 Å². The van der Waals surface area contributed by atoms with Crippen molar-refractivity contribution in [3.8, 4) is 0 Å². The van der Waals surface area contributed by atoms with Crippen molar-refractivity contribution in [2.45, 2.75) is 90.6 Å². The van der Waals surface area contributed by atoms with Gasteiger partial charge in [-0.15, -0.1) is 0 Å². The van der Waals surface area contributed by atoms with E-state index < -0.39 is 5.60 Å². The third kappa shape index (κ3) is 4.10. The molecule has 1 aromatic heterocycles. The minimum Gasteiger partial charge on any atom is -0.387 e. The van der Waals surface area contributed by atoms with Crippen molar-refractivity contribution in [2.24, 2.45) is 40.9 Å². The first-order valence-corrected chi connectivity index (χ1v) is 13.4. The molecule has 8 atom stereocenters. The van der Waals surface area contributed by atoms with Crippen LogP contribution in [0.1, 0.15) is 81.7 Å². The lowest BCUT2D eigenvalue weighted by Crippen LogP contribution is -2.52. The van der Waals surface area contributed by atoms with Gasteiger partial charge < -0.3 is 9.84 Å². The molecule has 4 nitrogen and oxygen atoms in total. The molecule has 0 bridgehead atoms. The van der Waals surface area contributed by atoms with Gasteiger partial charge in [0.1, 0.15) is 5.78 Å². The summed E-state index contributed by atoms with van der Waals surface area (Å²) in [6.07, 6.45) is 10.8. The molecule has 4 aliphatic rings. The van der Waals surface area contributed by atoms with Crippen LogP contribution in [0.25, 0.3) is 0 Å². The van der Waals surface area contributed by atoms with E-state index in [4.69, 9.17) is 4.74 Å². The second kappa shape index (κ2) is 8.75. The summed E-state index contributed by atoms with van der Waals surface area (Å²) in [5, 5.41) is 11.0. The lowest BCUT2D eigenvalue weighted by Gasteiger charge is -2.57. The third-order valence-electron chi connectivity index (χ3n) is 10.6. The van der Waals surface area contributed by atoms with E-state index in [0.29, 0.717) is 30.6 Å². The number of hydrogen-bond donors (Lipinski definition) is 1. The number of Topliss-reactive ketones (excluding diaryl/α,β-unsaturated/α-hetero) is 1. The fraction of sp³-hybridized carbons (Fsp3) is 0.793. The molecule has 33 heavy (non-hydrogen) atoms. The van der Waals surface area contributed by atoms with E-state index in [-0.39, 0.29) is 11.3 Å². The lowest BCUT2D eigenvalue weighted by molar-refractivity contribution is -0.135. The Morgan fingerprint density at radius 1 is 1.06 bits per heavy atom. The number of rotatable bonds is 5. The highest BCUT2D eigenvalue weighted by atomic mass is 16.5. The van der Waals surface area contributed by atoms with E-state index >= 15 is 0 Å². The zero-order chi connectivity index (χ0) is 23.4. The molecule has 0 spiro atoms. The highest BCUT2D eigenvalue weighted by Crippen LogP contribution is 2.64. The Hall–Kier alpha value is -1.26. The van der Waals surface area contributed by atoms with Crippen LogP contribution in [-0.4, -0.2) is 35.2 Å². The number of nitrogens with zero attached hydrogens (tertiary/aromatic N) is 1. The van der Waals surface area contributed by atoms with Gasteiger partial charge in [-0.3, -0.25) is 9.78 Å². The quantitative estimate of drug-likeness (QED) is 0.643. The average Bonchev–Trinajstić information content (AvgIpc) is 3.12. The maximum atomic E-state index is 13.6. The van der Waals surface area contributed by atoms with Gasteiger partial charge in [-0.25, -0.2) is 0 Å². The number of ketones is 1. The highest BCUT2D eigenvalue weighted by molar-refractivity contribution is 5.84. The van der Waals surface area contributed by atoms with Gasteiger partial charge >= 0.3 is 0 Å². The Morgan fingerprint density at radius 3 is 2.61 bits per heavy atom. The molecule has 0 aromatic carbocycles. The van der Waals surface area contributed by atoms with Crippen LogP contribution < -0.4 is 0 Å². The highest BCUT2D eigenvalue weighted by Gasteiger charge is 2.58. The van der Waals surface area contributed by atoms with Gasteiger partial charge in [-0.05, 0) is 118 Å². The van der Waals surface area contributed by atoms with E-state index in [1.807, 2.05) is 19.9 Å². The monoisotopic (exact) mass is 453 g/mol. The molecule has 4 heteroatoms. The van der Waals surface area contributed by atoms with Gasteiger partial charge in [0, 0.05) is 30.8 Å². The summed E-state index contributed by atoms with van der Waals surface area (Å²) < 4.78 is 5.34. The molecular weight excluding hydrogens is 410 g/mol. The van der Waals surface area contributed by atoms with Gasteiger partial charge in [-0.2, -0.15) is 0 Å². The molecule has 0 radical (unpaired) electrons. The van der Waals surface area contributed by atoms with E-state index in [2.05, 4.69) is 18.0 Å². The molecule has 4 aliphatic carbocycles. The first-order chi connectivity index (χ1) is 15.7. The molecule has 0 aliphatic heterocycles. The summed E-state index contributed by atoms with van der Waals surface area (Å²) in [4.78, 5) is 18.2. The van der Waals surface area contributed by atoms with Crippen LogP contribution >= 0.6 is 0 Å². The standard InChI is InChI=1S/C29H43NO3/c1-18-5-6-20(19(2)30-18)15-27(31)26-10-9-25-24-8-7-21-16-29(32,17-33-4)14-12-22(21)23(24)11-13-28(25,26)3/h5-6,21-26,32H,7-17H2,1-4H3/t21-,22+,23-,24-,25+,26-,28+,29-/m1/s1. The van der Waals surface area contributed by atoms with Crippen molar-refractivity contribution in [3.05, 3.63) is 29.1 Å². The smallest absolute Gasteiger partial charge is 0.140 e. The van der Waals surface area contributed by atoms with Crippen molar-refractivity contribution in [1.29, 1.82) is 0 Å². The van der Waals surface area contributed by atoms with Crippen molar-refractivity contribution in [2.75, 3.05) is 13.7 Å². The van der Waals surface area contributed by atoms with Crippen molar-refractivity contribution < 1.29 is 14.6 Å². The summed E-state index contributed by atoms with van der Waals surface area (Å²) in [5.41, 5.74) is 2.70. The van der Waals surface area contributed by atoms with E-state index in [0.717, 1.165) is 60.4 Å². The number of aliphatic hydroxyl groups is 1. The molecule has 1 N–H and O–H groups in total.